The predicted molar refractivity (Wildman–Crippen MR) is 91.1 cm³/mol. The molecule has 23 heavy (non-hydrogen) atoms. The number of hydrogen-bond donors (Lipinski definition) is 2. The fourth-order valence-corrected chi connectivity index (χ4v) is 3.16. The van der Waals surface area contributed by atoms with E-state index in [1.807, 2.05) is 24.0 Å². The van der Waals surface area contributed by atoms with Crippen LogP contribution in [0.2, 0.25) is 0 Å². The lowest BCUT2D eigenvalue weighted by Gasteiger charge is -2.36. The van der Waals surface area contributed by atoms with E-state index in [0.717, 1.165) is 38.9 Å². The Kier molecular flexibility index (Phi) is 6.84. The topological polar surface area (TPSA) is 44.4 Å². The Bertz CT molecular complexity index is 492. The van der Waals surface area contributed by atoms with Crippen molar-refractivity contribution in [2.75, 3.05) is 26.2 Å². The van der Waals surface area contributed by atoms with Crippen molar-refractivity contribution in [3.05, 3.63) is 35.6 Å². The van der Waals surface area contributed by atoms with Gasteiger partial charge in [0.15, 0.2) is 0 Å². The summed E-state index contributed by atoms with van der Waals surface area (Å²) >= 11 is 0. The molecule has 0 saturated carbocycles. The molecule has 0 spiro atoms. The smallest absolute Gasteiger partial charge is 0.317 e. The average molecular weight is 321 g/mol. The van der Waals surface area contributed by atoms with E-state index < -0.39 is 0 Å². The molecule has 2 rings (SSSR count). The van der Waals surface area contributed by atoms with Gasteiger partial charge in [-0.3, -0.25) is 0 Å². The van der Waals surface area contributed by atoms with Gasteiger partial charge in [0.25, 0.3) is 0 Å². The lowest BCUT2D eigenvalue weighted by molar-refractivity contribution is 0.152. The minimum absolute atomic E-state index is 0.0468. The number of piperazine rings is 1. The maximum Gasteiger partial charge on any atom is 0.317 e. The third kappa shape index (κ3) is 5.20. The van der Waals surface area contributed by atoms with Crippen molar-refractivity contribution in [2.45, 2.75) is 45.1 Å². The number of carbonyl (C=O) groups excluding carboxylic acids is 1. The van der Waals surface area contributed by atoms with Gasteiger partial charge in [-0.1, -0.05) is 25.5 Å². The summed E-state index contributed by atoms with van der Waals surface area (Å²) in [5.74, 6) is 0.219. The molecule has 1 aromatic carbocycles. The number of halogens is 1. The lowest BCUT2D eigenvalue weighted by atomic mass is 9.94. The van der Waals surface area contributed by atoms with Gasteiger partial charge in [0.1, 0.15) is 5.82 Å². The molecule has 0 aliphatic carbocycles. The van der Waals surface area contributed by atoms with Gasteiger partial charge in [-0.2, -0.15) is 0 Å². The van der Waals surface area contributed by atoms with Crippen LogP contribution in [0.1, 0.15) is 44.6 Å². The molecule has 2 amide bonds. The van der Waals surface area contributed by atoms with Gasteiger partial charge in [-0.05, 0) is 43.4 Å². The fraction of sp³-hybridized carbons (Fsp3) is 0.611. The minimum atomic E-state index is -0.188. The summed E-state index contributed by atoms with van der Waals surface area (Å²) in [5, 5.41) is 6.27. The van der Waals surface area contributed by atoms with Gasteiger partial charge in [0.05, 0.1) is 0 Å². The Morgan fingerprint density at radius 2 is 2.17 bits per heavy atom. The van der Waals surface area contributed by atoms with Crippen LogP contribution in [0.3, 0.4) is 0 Å². The number of hydrogen-bond acceptors (Lipinski definition) is 2. The van der Waals surface area contributed by atoms with Crippen LogP contribution in [-0.2, 0) is 0 Å². The van der Waals surface area contributed by atoms with Gasteiger partial charge in [-0.25, -0.2) is 9.18 Å². The van der Waals surface area contributed by atoms with Crippen molar-refractivity contribution in [3.63, 3.8) is 0 Å². The molecule has 4 nitrogen and oxygen atoms in total. The van der Waals surface area contributed by atoms with Crippen LogP contribution < -0.4 is 10.6 Å². The molecule has 1 fully saturated rings. The highest BCUT2D eigenvalue weighted by Gasteiger charge is 2.25. The Balaban J connectivity index is 1.81. The molecule has 2 atom stereocenters. The minimum Gasteiger partial charge on any atom is -0.338 e. The number of carbonyl (C=O) groups is 1. The molecule has 0 bridgehead atoms. The van der Waals surface area contributed by atoms with Crippen LogP contribution in [0.15, 0.2) is 24.3 Å². The van der Waals surface area contributed by atoms with Crippen molar-refractivity contribution in [1.82, 2.24) is 15.5 Å². The number of benzene rings is 1. The number of urea groups is 1. The zero-order chi connectivity index (χ0) is 16.7. The highest BCUT2D eigenvalue weighted by molar-refractivity contribution is 5.74. The standard InChI is InChI=1S/C18H28FN3O/c1-3-21-18(23)22-12-11-20-13-17(22)6-4-5-14(2)15-7-9-16(19)10-8-15/h7-10,14,17,20H,3-6,11-13H2,1-2H3,(H,21,23). The first-order valence-corrected chi connectivity index (χ1v) is 8.62. The molecule has 5 heteroatoms. The second-order valence-corrected chi connectivity index (χ2v) is 6.27. The molecular formula is C18H28FN3O. The summed E-state index contributed by atoms with van der Waals surface area (Å²) in [7, 11) is 0. The van der Waals surface area contributed by atoms with E-state index in [0.29, 0.717) is 12.5 Å². The van der Waals surface area contributed by atoms with Crippen molar-refractivity contribution in [3.8, 4) is 0 Å². The van der Waals surface area contributed by atoms with Gasteiger partial charge in [0, 0.05) is 32.2 Å². The normalized spacial score (nSPS) is 19.4. The Morgan fingerprint density at radius 3 is 2.87 bits per heavy atom. The molecular weight excluding hydrogens is 293 g/mol. The van der Waals surface area contributed by atoms with Gasteiger partial charge >= 0.3 is 6.03 Å². The largest absolute Gasteiger partial charge is 0.338 e. The summed E-state index contributed by atoms with van der Waals surface area (Å²) in [4.78, 5) is 14.1. The second-order valence-electron chi connectivity index (χ2n) is 6.27. The summed E-state index contributed by atoms with van der Waals surface area (Å²) in [6, 6.07) is 7.08. The van der Waals surface area contributed by atoms with Gasteiger partial charge in [-0.15, -0.1) is 0 Å². The van der Waals surface area contributed by atoms with Crippen molar-refractivity contribution in [1.29, 1.82) is 0 Å². The quantitative estimate of drug-likeness (QED) is 0.845. The predicted octanol–water partition coefficient (Wildman–Crippen LogP) is 3.10. The zero-order valence-electron chi connectivity index (χ0n) is 14.1. The van der Waals surface area contributed by atoms with Crippen molar-refractivity contribution < 1.29 is 9.18 Å². The van der Waals surface area contributed by atoms with Crippen LogP contribution in [0.25, 0.3) is 0 Å². The molecule has 1 heterocycles. The van der Waals surface area contributed by atoms with Gasteiger partial charge < -0.3 is 15.5 Å². The number of nitrogens with zero attached hydrogens (tertiary/aromatic N) is 1. The third-order valence-electron chi connectivity index (χ3n) is 4.55. The maximum atomic E-state index is 13.0. The van der Waals surface area contributed by atoms with E-state index in [1.165, 1.54) is 17.7 Å². The fourth-order valence-electron chi connectivity index (χ4n) is 3.16. The SMILES string of the molecule is CCNC(=O)N1CCNCC1CCCC(C)c1ccc(F)cc1. The van der Waals surface area contributed by atoms with E-state index in [9.17, 15) is 9.18 Å². The second kappa shape index (κ2) is 8.87. The van der Waals surface area contributed by atoms with E-state index in [4.69, 9.17) is 0 Å². The number of nitrogens with one attached hydrogen (secondary N) is 2. The summed E-state index contributed by atoms with van der Waals surface area (Å²) < 4.78 is 13.0. The lowest BCUT2D eigenvalue weighted by Crippen LogP contribution is -2.56. The molecule has 1 aliphatic heterocycles. The number of rotatable bonds is 6. The summed E-state index contributed by atoms with van der Waals surface area (Å²) in [5.41, 5.74) is 1.17. The van der Waals surface area contributed by atoms with E-state index in [2.05, 4.69) is 17.6 Å². The van der Waals surface area contributed by atoms with Crippen LogP contribution in [0.4, 0.5) is 9.18 Å². The zero-order valence-corrected chi connectivity index (χ0v) is 14.1. The van der Waals surface area contributed by atoms with Gasteiger partial charge in [0.2, 0.25) is 0 Å². The third-order valence-corrected chi connectivity index (χ3v) is 4.55. The van der Waals surface area contributed by atoms with E-state index in [-0.39, 0.29) is 17.9 Å². The van der Waals surface area contributed by atoms with Crippen molar-refractivity contribution in [2.24, 2.45) is 0 Å². The van der Waals surface area contributed by atoms with Crippen LogP contribution in [0.5, 0.6) is 0 Å². The van der Waals surface area contributed by atoms with Crippen LogP contribution in [0, 0.1) is 5.82 Å². The van der Waals surface area contributed by atoms with Crippen LogP contribution in [-0.4, -0.2) is 43.2 Å². The number of amides is 2. The highest BCUT2D eigenvalue weighted by Crippen LogP contribution is 2.23. The average Bonchev–Trinajstić information content (AvgIpc) is 2.56. The molecule has 1 aliphatic rings. The molecule has 0 radical (unpaired) electrons. The summed E-state index contributed by atoms with van der Waals surface area (Å²) in [6.45, 7) is 7.27. The first kappa shape index (κ1) is 17.7. The molecule has 1 aromatic rings. The van der Waals surface area contributed by atoms with E-state index >= 15 is 0 Å². The maximum absolute atomic E-state index is 13.0. The Labute approximate surface area is 138 Å². The molecule has 128 valence electrons. The van der Waals surface area contributed by atoms with Crippen LogP contribution >= 0.6 is 0 Å². The first-order chi connectivity index (χ1) is 11.1. The Hall–Kier alpha value is -1.62. The highest BCUT2D eigenvalue weighted by atomic mass is 19.1. The summed E-state index contributed by atoms with van der Waals surface area (Å²) in [6.07, 6.45) is 3.10. The van der Waals surface area contributed by atoms with E-state index in [1.54, 1.807) is 0 Å². The molecule has 1 saturated heterocycles. The molecule has 0 aromatic heterocycles. The van der Waals surface area contributed by atoms with Crippen molar-refractivity contribution >= 4 is 6.03 Å². The Morgan fingerprint density at radius 1 is 1.43 bits per heavy atom. The monoisotopic (exact) mass is 321 g/mol. The molecule has 2 N–H and O–H groups in total. The first-order valence-electron chi connectivity index (χ1n) is 8.62. The molecule has 2 unspecified atom stereocenters.